The lowest BCUT2D eigenvalue weighted by Gasteiger charge is -2.09. The quantitative estimate of drug-likeness (QED) is 0.188. The van der Waals surface area contributed by atoms with Crippen LogP contribution in [-0.2, 0) is 20.7 Å². The summed E-state index contributed by atoms with van der Waals surface area (Å²) in [5.74, 6) is -0.441. The van der Waals surface area contributed by atoms with E-state index in [0.29, 0.717) is 19.1 Å². The molecule has 0 N–H and O–H groups in total. The Morgan fingerprint density at radius 2 is 1.67 bits per heavy atom. The van der Waals surface area contributed by atoms with Gasteiger partial charge in [-0.05, 0) is 30.7 Å². The summed E-state index contributed by atoms with van der Waals surface area (Å²) < 4.78 is 10.2. The van der Waals surface area contributed by atoms with Gasteiger partial charge in [0.1, 0.15) is 0 Å². The third-order valence-electron chi connectivity index (χ3n) is 5.58. The van der Waals surface area contributed by atoms with E-state index in [-0.39, 0.29) is 11.7 Å². The number of ether oxygens (including phenoxy) is 2. The van der Waals surface area contributed by atoms with E-state index in [1.54, 1.807) is 6.20 Å². The van der Waals surface area contributed by atoms with Gasteiger partial charge < -0.3 is 9.47 Å². The predicted octanol–water partition coefficient (Wildman–Crippen LogP) is 5.96. The van der Waals surface area contributed by atoms with Crippen LogP contribution in [0.1, 0.15) is 74.8 Å². The summed E-state index contributed by atoms with van der Waals surface area (Å²) in [6.45, 7) is 8.36. The summed E-state index contributed by atoms with van der Waals surface area (Å²) >= 11 is 0. The molecular formula is C27H36N2O4. The smallest absolute Gasteiger partial charge is 0.358 e. The van der Waals surface area contributed by atoms with E-state index < -0.39 is 5.97 Å². The van der Waals surface area contributed by atoms with Crippen molar-refractivity contribution in [2.24, 2.45) is 5.92 Å². The molecular weight excluding hydrogens is 416 g/mol. The van der Waals surface area contributed by atoms with Crippen LogP contribution in [-0.4, -0.2) is 35.1 Å². The summed E-state index contributed by atoms with van der Waals surface area (Å²) in [4.78, 5) is 31.6. The van der Waals surface area contributed by atoms with Gasteiger partial charge >= 0.3 is 11.9 Å². The first kappa shape index (κ1) is 26.2. The highest BCUT2D eigenvalue weighted by atomic mass is 16.5. The highest BCUT2D eigenvalue weighted by molar-refractivity contribution is 5.87. The number of aryl methyl sites for hydroxylation is 1. The highest BCUT2D eigenvalue weighted by Gasteiger charge is 2.12. The van der Waals surface area contributed by atoms with Crippen LogP contribution in [0.25, 0.3) is 11.3 Å². The minimum Gasteiger partial charge on any atom is -0.463 e. The molecule has 1 aromatic heterocycles. The van der Waals surface area contributed by atoms with E-state index in [2.05, 4.69) is 35.6 Å². The van der Waals surface area contributed by atoms with Crippen molar-refractivity contribution in [2.75, 3.05) is 13.2 Å². The lowest BCUT2D eigenvalue weighted by molar-refractivity contribution is -0.137. The fourth-order valence-electron chi connectivity index (χ4n) is 3.20. The molecule has 2 aromatic rings. The molecule has 1 atom stereocenters. The number of carbonyl (C=O) groups is 2. The molecule has 0 aliphatic carbocycles. The number of unbranched alkanes of at least 4 members (excludes halogenated alkanes) is 5. The van der Waals surface area contributed by atoms with E-state index in [4.69, 9.17) is 9.47 Å². The Bertz CT molecular complexity index is 863. The maximum Gasteiger partial charge on any atom is 0.358 e. The van der Waals surface area contributed by atoms with Gasteiger partial charge in [-0.3, -0.25) is 4.98 Å². The van der Waals surface area contributed by atoms with Crippen molar-refractivity contribution in [3.05, 3.63) is 60.6 Å². The zero-order valence-corrected chi connectivity index (χ0v) is 19.9. The number of hydrogen-bond donors (Lipinski definition) is 0. The molecule has 1 unspecified atom stereocenters. The minimum absolute atomic E-state index is 0.233. The number of nitrogens with zero attached hydrogens (tertiary/aromatic N) is 2. The SMILES string of the molecule is C=CC(=O)OCCCCCCCCc1ccc(-c2cnc(C(=O)OCC(C)CC)cn2)cc1. The lowest BCUT2D eigenvalue weighted by Crippen LogP contribution is -2.13. The Morgan fingerprint density at radius 1 is 0.970 bits per heavy atom. The van der Waals surface area contributed by atoms with Gasteiger partial charge in [0.05, 0.1) is 31.3 Å². The molecule has 0 fully saturated rings. The number of rotatable bonds is 15. The first-order chi connectivity index (χ1) is 16.0. The number of benzene rings is 1. The first-order valence-electron chi connectivity index (χ1n) is 11.9. The Hall–Kier alpha value is -3.02. The minimum atomic E-state index is -0.430. The van der Waals surface area contributed by atoms with Gasteiger partial charge in [-0.1, -0.05) is 76.8 Å². The van der Waals surface area contributed by atoms with Crippen LogP contribution in [0, 0.1) is 5.92 Å². The topological polar surface area (TPSA) is 78.4 Å². The summed E-state index contributed by atoms with van der Waals surface area (Å²) in [7, 11) is 0. The van der Waals surface area contributed by atoms with Crippen molar-refractivity contribution >= 4 is 11.9 Å². The fourth-order valence-corrected chi connectivity index (χ4v) is 3.20. The maximum atomic E-state index is 12.1. The molecule has 178 valence electrons. The summed E-state index contributed by atoms with van der Waals surface area (Å²) in [5, 5.41) is 0. The van der Waals surface area contributed by atoms with Crippen molar-refractivity contribution in [3.8, 4) is 11.3 Å². The van der Waals surface area contributed by atoms with Gasteiger partial charge in [-0.15, -0.1) is 0 Å². The van der Waals surface area contributed by atoms with Crippen LogP contribution < -0.4 is 0 Å². The Labute approximate surface area is 197 Å². The molecule has 0 amide bonds. The molecule has 33 heavy (non-hydrogen) atoms. The van der Waals surface area contributed by atoms with Gasteiger partial charge in [0.25, 0.3) is 0 Å². The maximum absolute atomic E-state index is 12.1. The fraction of sp³-hybridized carbons (Fsp3) is 0.481. The van der Waals surface area contributed by atoms with Crippen LogP contribution in [0.15, 0.2) is 49.3 Å². The van der Waals surface area contributed by atoms with Gasteiger partial charge in [0.2, 0.25) is 0 Å². The average Bonchev–Trinajstić information content (AvgIpc) is 2.86. The van der Waals surface area contributed by atoms with E-state index in [1.807, 2.05) is 19.1 Å². The highest BCUT2D eigenvalue weighted by Crippen LogP contribution is 2.18. The molecule has 0 saturated carbocycles. The molecule has 6 heteroatoms. The Kier molecular flexibility index (Phi) is 11.9. The second kappa shape index (κ2) is 14.9. The molecule has 2 rings (SSSR count). The zero-order chi connectivity index (χ0) is 23.9. The molecule has 0 saturated heterocycles. The van der Waals surface area contributed by atoms with Crippen LogP contribution in [0.4, 0.5) is 0 Å². The number of aromatic nitrogens is 2. The van der Waals surface area contributed by atoms with Gasteiger partial charge in [-0.2, -0.15) is 0 Å². The number of carbonyl (C=O) groups excluding carboxylic acids is 2. The Balaban J connectivity index is 1.67. The van der Waals surface area contributed by atoms with Crippen molar-refractivity contribution < 1.29 is 19.1 Å². The van der Waals surface area contributed by atoms with Gasteiger partial charge in [-0.25, -0.2) is 14.6 Å². The monoisotopic (exact) mass is 452 g/mol. The third-order valence-corrected chi connectivity index (χ3v) is 5.58. The molecule has 0 radical (unpaired) electrons. The molecule has 1 aromatic carbocycles. The number of esters is 2. The van der Waals surface area contributed by atoms with E-state index in [9.17, 15) is 9.59 Å². The lowest BCUT2D eigenvalue weighted by atomic mass is 10.0. The second-order valence-corrected chi connectivity index (χ2v) is 8.34. The van der Waals surface area contributed by atoms with Crippen molar-refractivity contribution in [2.45, 2.75) is 65.2 Å². The Morgan fingerprint density at radius 3 is 2.30 bits per heavy atom. The standard InChI is InChI=1S/C27H36N2O4/c1-4-21(3)20-33-27(31)25-19-28-24(18-29-25)23-15-13-22(14-16-23)12-10-8-6-7-9-11-17-32-26(30)5-2/h5,13-16,18-19,21H,2,4,6-12,17,20H2,1,3H3. The normalized spacial score (nSPS) is 11.6. The second-order valence-electron chi connectivity index (χ2n) is 8.34. The first-order valence-corrected chi connectivity index (χ1v) is 11.9. The van der Waals surface area contributed by atoms with E-state index >= 15 is 0 Å². The van der Waals surface area contributed by atoms with Crippen molar-refractivity contribution in [1.82, 2.24) is 9.97 Å². The van der Waals surface area contributed by atoms with Crippen LogP contribution in [0.5, 0.6) is 0 Å². The average molecular weight is 453 g/mol. The largest absolute Gasteiger partial charge is 0.463 e. The van der Waals surface area contributed by atoms with Crippen molar-refractivity contribution in [3.63, 3.8) is 0 Å². The van der Waals surface area contributed by atoms with Crippen LogP contribution >= 0.6 is 0 Å². The summed E-state index contributed by atoms with van der Waals surface area (Å²) in [5.41, 5.74) is 3.24. The predicted molar refractivity (Wildman–Crippen MR) is 130 cm³/mol. The third kappa shape index (κ3) is 9.98. The van der Waals surface area contributed by atoms with Crippen LogP contribution in [0.2, 0.25) is 0 Å². The van der Waals surface area contributed by atoms with Crippen LogP contribution in [0.3, 0.4) is 0 Å². The molecule has 6 nitrogen and oxygen atoms in total. The summed E-state index contributed by atoms with van der Waals surface area (Å²) in [6, 6.07) is 8.34. The van der Waals surface area contributed by atoms with E-state index in [0.717, 1.165) is 49.8 Å². The molecule has 0 aliphatic rings. The summed E-state index contributed by atoms with van der Waals surface area (Å²) in [6.07, 6.45) is 13.0. The van der Waals surface area contributed by atoms with Crippen molar-refractivity contribution in [1.29, 1.82) is 0 Å². The molecule has 0 aliphatic heterocycles. The van der Waals surface area contributed by atoms with Gasteiger partial charge in [0, 0.05) is 11.6 Å². The zero-order valence-electron chi connectivity index (χ0n) is 19.9. The molecule has 1 heterocycles. The number of hydrogen-bond acceptors (Lipinski definition) is 6. The molecule has 0 bridgehead atoms. The van der Waals surface area contributed by atoms with E-state index in [1.165, 1.54) is 30.7 Å². The van der Waals surface area contributed by atoms with Gasteiger partial charge in [0.15, 0.2) is 5.69 Å². The molecule has 0 spiro atoms.